The number of carbonyl (C=O) groups is 2. The summed E-state index contributed by atoms with van der Waals surface area (Å²) >= 11 is 0. The van der Waals surface area contributed by atoms with Gasteiger partial charge in [0.1, 0.15) is 6.61 Å². The fraction of sp³-hybridized carbons (Fsp3) is 0.957. The lowest BCUT2D eigenvalue weighted by atomic mass is 10.0. The molecule has 0 bridgehead atoms. The van der Waals surface area contributed by atoms with Crippen LogP contribution < -0.4 is 0 Å². The van der Waals surface area contributed by atoms with E-state index in [9.17, 15) is 14.2 Å². The second-order valence-corrected chi connectivity index (χ2v) is 18.0. The molecular weight excluding hydrogens is 723 g/mol. The van der Waals surface area contributed by atoms with Gasteiger partial charge in [-0.05, 0) is 12.8 Å². The lowest BCUT2D eigenvalue weighted by molar-refractivity contribution is -0.161. The predicted octanol–water partition coefficient (Wildman–Crippen LogP) is 15.2. The zero-order chi connectivity index (χ0) is 41.1. The second-order valence-electron chi connectivity index (χ2n) is 16.8. The van der Waals surface area contributed by atoms with Crippen molar-refractivity contribution in [2.45, 2.75) is 277 Å². The molecule has 0 aliphatic rings. The van der Waals surface area contributed by atoms with Crippen LogP contribution in [0.5, 0.6) is 0 Å². The molecule has 8 nitrogen and oxygen atoms in total. The van der Waals surface area contributed by atoms with Gasteiger partial charge in [-0.25, -0.2) is 4.57 Å². The summed E-state index contributed by atoms with van der Waals surface area (Å²) in [5.41, 5.74) is 0. The lowest BCUT2D eigenvalue weighted by Crippen LogP contribution is -2.29. The number of unbranched alkanes of at least 4 members (excludes halogenated alkanes) is 36. The SMILES string of the molecule is CCCCCCCCCCCCCCCCCCCCCC(=O)OCC(COP(=O)(O)O)OC(=O)CCCCCCCCCCCCCCCCCCCCC. The first-order valence-electron chi connectivity index (χ1n) is 24.3. The first kappa shape index (κ1) is 55.0. The van der Waals surface area contributed by atoms with Gasteiger partial charge in [-0.3, -0.25) is 14.1 Å². The molecule has 0 amide bonds. The highest BCUT2D eigenvalue weighted by molar-refractivity contribution is 7.46. The van der Waals surface area contributed by atoms with Gasteiger partial charge in [-0.1, -0.05) is 245 Å². The highest BCUT2D eigenvalue weighted by atomic mass is 31.2. The summed E-state index contributed by atoms with van der Waals surface area (Å²) in [7, 11) is -4.75. The normalized spacial score (nSPS) is 12.3. The van der Waals surface area contributed by atoms with Gasteiger partial charge in [-0.2, -0.15) is 0 Å². The maximum atomic E-state index is 12.5. The highest BCUT2D eigenvalue weighted by Gasteiger charge is 2.23. The Labute approximate surface area is 346 Å². The molecule has 0 saturated carbocycles. The topological polar surface area (TPSA) is 119 Å². The van der Waals surface area contributed by atoms with Gasteiger partial charge in [0.2, 0.25) is 0 Å². The van der Waals surface area contributed by atoms with Crippen molar-refractivity contribution in [1.82, 2.24) is 0 Å². The summed E-state index contributed by atoms with van der Waals surface area (Å²) in [6.45, 7) is 3.75. The second kappa shape index (κ2) is 43.6. The van der Waals surface area contributed by atoms with Gasteiger partial charge in [0.25, 0.3) is 0 Å². The summed E-state index contributed by atoms with van der Waals surface area (Å²) in [6, 6.07) is 0. The summed E-state index contributed by atoms with van der Waals surface area (Å²) in [6.07, 6.45) is 48.3. The average Bonchev–Trinajstić information content (AvgIpc) is 3.17. The smallest absolute Gasteiger partial charge is 0.462 e. The van der Waals surface area contributed by atoms with Crippen molar-refractivity contribution in [3.05, 3.63) is 0 Å². The number of rotatable bonds is 46. The summed E-state index contributed by atoms with van der Waals surface area (Å²) in [5.74, 6) is -0.862. The van der Waals surface area contributed by atoms with Crippen LogP contribution in [0.4, 0.5) is 0 Å². The number of phosphoric acid groups is 1. The Bertz CT molecular complexity index is 878. The summed E-state index contributed by atoms with van der Waals surface area (Å²) in [4.78, 5) is 43.0. The molecule has 0 fully saturated rings. The minimum atomic E-state index is -4.75. The Morgan fingerprint density at radius 3 is 0.911 bits per heavy atom. The van der Waals surface area contributed by atoms with Crippen molar-refractivity contribution in [2.75, 3.05) is 13.2 Å². The summed E-state index contributed by atoms with van der Waals surface area (Å²) < 4.78 is 26.5. The van der Waals surface area contributed by atoms with E-state index in [-0.39, 0.29) is 19.4 Å². The van der Waals surface area contributed by atoms with Crippen LogP contribution in [-0.2, 0) is 28.2 Å². The molecule has 0 aliphatic carbocycles. The lowest BCUT2D eigenvalue weighted by Gasteiger charge is -2.18. The molecule has 0 aliphatic heterocycles. The van der Waals surface area contributed by atoms with Crippen LogP contribution in [0.1, 0.15) is 271 Å². The molecule has 2 N–H and O–H groups in total. The Morgan fingerprint density at radius 2 is 0.643 bits per heavy atom. The van der Waals surface area contributed by atoms with Crippen molar-refractivity contribution < 1.29 is 37.9 Å². The molecule has 9 heteroatoms. The Balaban J connectivity index is 3.78. The van der Waals surface area contributed by atoms with Crippen LogP contribution in [0.25, 0.3) is 0 Å². The first-order valence-corrected chi connectivity index (χ1v) is 25.9. The van der Waals surface area contributed by atoms with E-state index in [2.05, 4.69) is 18.4 Å². The molecule has 0 saturated heterocycles. The fourth-order valence-corrected chi connectivity index (χ4v) is 7.86. The molecule has 0 aromatic heterocycles. The van der Waals surface area contributed by atoms with E-state index >= 15 is 0 Å². The third-order valence-electron chi connectivity index (χ3n) is 11.1. The van der Waals surface area contributed by atoms with E-state index < -0.39 is 32.5 Å². The van der Waals surface area contributed by atoms with Gasteiger partial charge >= 0.3 is 19.8 Å². The van der Waals surface area contributed by atoms with Crippen molar-refractivity contribution >= 4 is 19.8 Å². The van der Waals surface area contributed by atoms with Crippen molar-refractivity contribution in [3.8, 4) is 0 Å². The molecular formula is C47H93O8P. The van der Waals surface area contributed by atoms with Gasteiger partial charge < -0.3 is 19.3 Å². The zero-order valence-electron chi connectivity index (χ0n) is 37.1. The van der Waals surface area contributed by atoms with Crippen LogP contribution in [0.15, 0.2) is 0 Å². The molecule has 1 unspecified atom stereocenters. The Morgan fingerprint density at radius 1 is 0.393 bits per heavy atom. The standard InChI is InChI=1S/C47H93O8P/c1-3-5-7-9-11-13-15-17-19-21-23-25-27-29-31-33-35-37-39-41-46(48)53-43-45(44-54-56(50,51)52)55-47(49)42-40-38-36-34-32-30-28-26-24-22-20-18-16-14-12-10-8-6-4-2/h45H,3-44H2,1-2H3,(H2,50,51,52). The third kappa shape index (κ3) is 45.7. The number of hydrogen-bond donors (Lipinski definition) is 2. The number of esters is 2. The molecule has 1 atom stereocenters. The van der Waals surface area contributed by atoms with Crippen molar-refractivity contribution in [2.24, 2.45) is 0 Å². The third-order valence-corrected chi connectivity index (χ3v) is 11.6. The Hall–Kier alpha value is -0.950. The van der Waals surface area contributed by atoms with Crippen LogP contribution in [0.2, 0.25) is 0 Å². The number of hydrogen-bond acceptors (Lipinski definition) is 6. The van der Waals surface area contributed by atoms with E-state index in [4.69, 9.17) is 19.3 Å². The monoisotopic (exact) mass is 817 g/mol. The van der Waals surface area contributed by atoms with Crippen LogP contribution >= 0.6 is 7.82 Å². The zero-order valence-corrected chi connectivity index (χ0v) is 38.0. The van der Waals surface area contributed by atoms with Gasteiger partial charge in [0, 0.05) is 12.8 Å². The summed E-state index contributed by atoms with van der Waals surface area (Å²) in [5, 5.41) is 0. The largest absolute Gasteiger partial charge is 0.469 e. The van der Waals surface area contributed by atoms with Crippen LogP contribution in [0.3, 0.4) is 0 Å². The molecule has 0 aromatic rings. The van der Waals surface area contributed by atoms with E-state index in [1.165, 1.54) is 205 Å². The van der Waals surface area contributed by atoms with E-state index in [0.29, 0.717) is 6.42 Å². The van der Waals surface area contributed by atoms with Crippen LogP contribution in [-0.4, -0.2) is 41.0 Å². The maximum absolute atomic E-state index is 12.5. The molecule has 0 heterocycles. The molecule has 0 aromatic carbocycles. The van der Waals surface area contributed by atoms with E-state index in [1.54, 1.807) is 0 Å². The molecule has 0 rings (SSSR count). The first-order chi connectivity index (χ1) is 27.3. The molecule has 56 heavy (non-hydrogen) atoms. The Kier molecular flexibility index (Phi) is 42.9. The van der Waals surface area contributed by atoms with Gasteiger partial charge in [-0.15, -0.1) is 0 Å². The predicted molar refractivity (Wildman–Crippen MR) is 235 cm³/mol. The minimum absolute atomic E-state index is 0.221. The van der Waals surface area contributed by atoms with Gasteiger partial charge in [0.15, 0.2) is 6.10 Å². The van der Waals surface area contributed by atoms with Crippen molar-refractivity contribution in [1.29, 1.82) is 0 Å². The molecule has 0 radical (unpaired) electrons. The number of phosphoric ester groups is 1. The van der Waals surface area contributed by atoms with E-state index in [1.807, 2.05) is 0 Å². The highest BCUT2D eigenvalue weighted by Crippen LogP contribution is 2.36. The molecule has 0 spiro atoms. The number of ether oxygens (including phenoxy) is 2. The van der Waals surface area contributed by atoms with Gasteiger partial charge in [0.05, 0.1) is 6.61 Å². The fourth-order valence-electron chi connectivity index (χ4n) is 7.49. The van der Waals surface area contributed by atoms with E-state index in [0.717, 1.165) is 32.1 Å². The number of carbonyl (C=O) groups excluding carboxylic acids is 2. The quantitative estimate of drug-likeness (QED) is 0.0354. The van der Waals surface area contributed by atoms with Crippen LogP contribution in [0, 0.1) is 0 Å². The minimum Gasteiger partial charge on any atom is -0.462 e. The maximum Gasteiger partial charge on any atom is 0.469 e. The van der Waals surface area contributed by atoms with Crippen molar-refractivity contribution in [3.63, 3.8) is 0 Å². The average molecular weight is 817 g/mol. The molecule has 334 valence electrons.